The molecule has 0 aliphatic carbocycles. The molecule has 0 saturated carbocycles. The van der Waals surface area contributed by atoms with Gasteiger partial charge in [-0.25, -0.2) is 4.39 Å². The number of nitrogens with two attached hydrogens (primary N) is 1. The predicted octanol–water partition coefficient (Wildman–Crippen LogP) is 6.17. The Morgan fingerprint density at radius 1 is 1.00 bits per heavy atom. The molecular formula is C30H32F4N2O4. The van der Waals surface area contributed by atoms with Crippen LogP contribution in [0, 0.1) is 12.7 Å². The van der Waals surface area contributed by atoms with Crippen LogP contribution in [0.4, 0.5) is 23.2 Å². The molecule has 1 atom stereocenters. The van der Waals surface area contributed by atoms with E-state index >= 15 is 0 Å². The van der Waals surface area contributed by atoms with E-state index in [4.69, 9.17) is 19.9 Å². The summed E-state index contributed by atoms with van der Waals surface area (Å²) in [4.78, 5) is 14.6. The molecule has 0 fully saturated rings. The van der Waals surface area contributed by atoms with Crippen LogP contribution >= 0.6 is 0 Å². The van der Waals surface area contributed by atoms with Crippen molar-refractivity contribution in [3.05, 3.63) is 82.2 Å². The molecule has 3 aromatic rings. The number of carbonyl (C=O) groups excluding carboxylic acids is 1. The van der Waals surface area contributed by atoms with Gasteiger partial charge in [-0.05, 0) is 77.6 Å². The van der Waals surface area contributed by atoms with Crippen LogP contribution in [0.1, 0.15) is 46.7 Å². The van der Waals surface area contributed by atoms with E-state index in [-0.39, 0.29) is 13.2 Å². The monoisotopic (exact) mass is 560 g/mol. The van der Waals surface area contributed by atoms with Gasteiger partial charge < -0.3 is 24.8 Å². The van der Waals surface area contributed by atoms with E-state index in [1.807, 2.05) is 18.2 Å². The van der Waals surface area contributed by atoms with Crippen molar-refractivity contribution in [3.8, 4) is 17.2 Å². The summed E-state index contributed by atoms with van der Waals surface area (Å²) in [5.41, 5.74) is 10.3. The summed E-state index contributed by atoms with van der Waals surface area (Å²) in [6, 6.07) is 12.6. The number of halogens is 4. The van der Waals surface area contributed by atoms with E-state index in [1.54, 1.807) is 32.2 Å². The highest BCUT2D eigenvalue weighted by Crippen LogP contribution is 2.42. The van der Waals surface area contributed by atoms with Crippen LogP contribution in [-0.4, -0.2) is 44.4 Å². The fourth-order valence-corrected chi connectivity index (χ4v) is 5.06. The summed E-state index contributed by atoms with van der Waals surface area (Å²) >= 11 is 0. The molecule has 3 aromatic carbocycles. The molecule has 6 nitrogen and oxygen atoms in total. The largest absolute Gasteiger partial charge is 0.495 e. The first-order chi connectivity index (χ1) is 19.0. The van der Waals surface area contributed by atoms with Crippen molar-refractivity contribution in [1.29, 1.82) is 0 Å². The molecule has 214 valence electrons. The van der Waals surface area contributed by atoms with Crippen molar-refractivity contribution < 1.29 is 36.6 Å². The summed E-state index contributed by atoms with van der Waals surface area (Å²) in [6.07, 6.45) is -5.37. The first-order valence-electron chi connectivity index (χ1n) is 12.9. The molecule has 1 unspecified atom stereocenters. The highest BCUT2D eigenvalue weighted by Gasteiger charge is 2.36. The summed E-state index contributed by atoms with van der Waals surface area (Å²) in [5, 5.41) is 0. The molecule has 1 aliphatic heterocycles. The standard InChI is InChI=1S/C30H32F4N2O4/c1-18-14-21(31)5-6-22(18)29-23-17-27(40-13-10-19-4-7-25(38-2)24(35)15-19)26(39-3)16-20(23)9-12-36(29)28(37)8-11-30(32,33)34/h4-7,14-17,29H,8-13,35H2,1-3H3. The molecule has 0 radical (unpaired) electrons. The Bertz CT molecular complexity index is 1380. The summed E-state index contributed by atoms with van der Waals surface area (Å²) < 4.78 is 69.6. The van der Waals surface area contributed by atoms with Crippen LogP contribution in [0.3, 0.4) is 0 Å². The number of alkyl halides is 3. The van der Waals surface area contributed by atoms with Crippen molar-refractivity contribution in [1.82, 2.24) is 4.90 Å². The third-order valence-corrected chi connectivity index (χ3v) is 7.07. The normalized spacial score (nSPS) is 15.0. The fraction of sp³-hybridized carbons (Fsp3) is 0.367. The second-order valence-electron chi connectivity index (χ2n) is 9.73. The third kappa shape index (κ3) is 6.60. The second-order valence-corrected chi connectivity index (χ2v) is 9.73. The van der Waals surface area contributed by atoms with Crippen LogP contribution < -0.4 is 19.9 Å². The Morgan fingerprint density at radius 2 is 1.75 bits per heavy atom. The first-order valence-corrected chi connectivity index (χ1v) is 12.9. The molecule has 2 N–H and O–H groups in total. The molecule has 1 aliphatic rings. The van der Waals surface area contributed by atoms with Gasteiger partial charge in [-0.3, -0.25) is 4.79 Å². The lowest BCUT2D eigenvalue weighted by Crippen LogP contribution is -2.41. The SMILES string of the molecule is COc1ccc(CCOc2cc3c(cc2OC)CCN(C(=O)CCC(F)(F)F)C3c2ccc(F)cc2C)cc1N. The highest BCUT2D eigenvalue weighted by atomic mass is 19.4. The van der Waals surface area contributed by atoms with Crippen LogP contribution in [0.25, 0.3) is 0 Å². The average Bonchev–Trinajstić information content (AvgIpc) is 2.90. The Balaban J connectivity index is 1.66. The van der Waals surface area contributed by atoms with Gasteiger partial charge in [0, 0.05) is 19.4 Å². The fourth-order valence-electron chi connectivity index (χ4n) is 5.06. The average molecular weight is 561 g/mol. The van der Waals surface area contributed by atoms with Crippen molar-refractivity contribution in [3.63, 3.8) is 0 Å². The molecule has 4 rings (SSSR count). The molecule has 0 bridgehead atoms. The Hall–Kier alpha value is -3.95. The van der Waals surface area contributed by atoms with Gasteiger partial charge in [0.15, 0.2) is 11.5 Å². The first kappa shape index (κ1) is 29.0. The minimum Gasteiger partial charge on any atom is -0.495 e. The van der Waals surface area contributed by atoms with Crippen molar-refractivity contribution in [2.75, 3.05) is 33.1 Å². The lowest BCUT2D eigenvalue weighted by atomic mass is 9.85. The van der Waals surface area contributed by atoms with Crippen molar-refractivity contribution >= 4 is 11.6 Å². The maximum Gasteiger partial charge on any atom is 0.389 e. The summed E-state index contributed by atoms with van der Waals surface area (Å²) in [6.45, 7) is 2.22. The molecule has 1 amide bonds. The van der Waals surface area contributed by atoms with Gasteiger partial charge >= 0.3 is 6.18 Å². The maximum absolute atomic E-state index is 14.0. The number of ether oxygens (including phenoxy) is 3. The zero-order valence-electron chi connectivity index (χ0n) is 22.6. The van der Waals surface area contributed by atoms with Crippen LogP contribution in [0.2, 0.25) is 0 Å². The van der Waals surface area contributed by atoms with E-state index in [1.165, 1.54) is 24.1 Å². The van der Waals surface area contributed by atoms with Crippen molar-refractivity contribution in [2.45, 2.75) is 44.8 Å². The maximum atomic E-state index is 14.0. The van der Waals surface area contributed by atoms with E-state index in [0.717, 1.165) is 11.1 Å². The number of hydrogen-bond donors (Lipinski definition) is 1. The quantitative estimate of drug-likeness (QED) is 0.250. The number of hydrogen-bond acceptors (Lipinski definition) is 5. The molecule has 10 heteroatoms. The van der Waals surface area contributed by atoms with Gasteiger partial charge in [-0.15, -0.1) is 0 Å². The number of fused-ring (bicyclic) bond motifs is 1. The van der Waals surface area contributed by atoms with Crippen LogP contribution in [0.15, 0.2) is 48.5 Å². The smallest absolute Gasteiger partial charge is 0.389 e. The van der Waals surface area contributed by atoms with Crippen LogP contribution in [0.5, 0.6) is 17.2 Å². The zero-order chi connectivity index (χ0) is 29.0. The second kappa shape index (κ2) is 12.1. The number of methoxy groups -OCH3 is 2. The highest BCUT2D eigenvalue weighted by molar-refractivity contribution is 5.78. The Kier molecular flexibility index (Phi) is 8.76. The number of amides is 1. The van der Waals surface area contributed by atoms with E-state index in [0.29, 0.717) is 52.5 Å². The molecule has 1 heterocycles. The number of nitrogen functional groups attached to an aromatic ring is 1. The molecule has 0 aromatic heterocycles. The number of anilines is 1. The Labute approximate surface area is 230 Å². The summed E-state index contributed by atoms with van der Waals surface area (Å²) in [5.74, 6) is 0.450. The number of carbonyl (C=O) groups is 1. The zero-order valence-corrected chi connectivity index (χ0v) is 22.6. The Morgan fingerprint density at radius 3 is 2.40 bits per heavy atom. The molecule has 0 saturated heterocycles. The topological polar surface area (TPSA) is 74.0 Å². The van der Waals surface area contributed by atoms with Crippen molar-refractivity contribution in [2.24, 2.45) is 0 Å². The molecular weight excluding hydrogens is 528 g/mol. The predicted molar refractivity (Wildman–Crippen MR) is 143 cm³/mol. The minimum atomic E-state index is -4.45. The minimum absolute atomic E-state index is 0.216. The lowest BCUT2D eigenvalue weighted by molar-refractivity contribution is -0.150. The van der Waals surface area contributed by atoms with Gasteiger partial charge in [0.1, 0.15) is 11.6 Å². The number of rotatable bonds is 9. The van der Waals surface area contributed by atoms with Gasteiger partial charge in [0.2, 0.25) is 5.91 Å². The van der Waals surface area contributed by atoms with Gasteiger partial charge in [-0.2, -0.15) is 13.2 Å². The lowest BCUT2D eigenvalue weighted by Gasteiger charge is -2.39. The van der Waals surface area contributed by atoms with Gasteiger partial charge in [0.25, 0.3) is 0 Å². The summed E-state index contributed by atoms with van der Waals surface area (Å²) in [7, 11) is 3.07. The van der Waals surface area contributed by atoms with E-state index in [2.05, 4.69) is 0 Å². The van der Waals surface area contributed by atoms with E-state index in [9.17, 15) is 22.4 Å². The number of benzene rings is 3. The van der Waals surface area contributed by atoms with E-state index < -0.39 is 36.8 Å². The number of aryl methyl sites for hydroxylation is 1. The van der Waals surface area contributed by atoms with Gasteiger partial charge in [-0.1, -0.05) is 12.1 Å². The molecule has 40 heavy (non-hydrogen) atoms. The van der Waals surface area contributed by atoms with Gasteiger partial charge in [0.05, 0.1) is 39.0 Å². The van der Waals surface area contributed by atoms with Crippen LogP contribution in [-0.2, 0) is 17.6 Å². The number of nitrogens with zero attached hydrogens (tertiary/aromatic N) is 1. The third-order valence-electron chi connectivity index (χ3n) is 7.07. The molecule has 0 spiro atoms.